The van der Waals surface area contributed by atoms with Gasteiger partial charge in [-0.25, -0.2) is 9.48 Å². The van der Waals surface area contributed by atoms with Crippen LogP contribution in [0.1, 0.15) is 24.1 Å². The fraction of sp³-hybridized carbons (Fsp3) is 0.529. The molecule has 3 heterocycles. The van der Waals surface area contributed by atoms with Gasteiger partial charge in [-0.2, -0.15) is 5.10 Å². The molecule has 1 aliphatic heterocycles. The van der Waals surface area contributed by atoms with Gasteiger partial charge in [-0.05, 0) is 31.2 Å². The van der Waals surface area contributed by atoms with Gasteiger partial charge in [0.2, 0.25) is 0 Å². The highest BCUT2D eigenvalue weighted by Crippen LogP contribution is 2.22. The van der Waals surface area contributed by atoms with E-state index in [-0.39, 0.29) is 17.0 Å². The minimum Gasteiger partial charge on any atom is -0.357 e. The lowest BCUT2D eigenvalue weighted by Crippen LogP contribution is -2.51. The second-order valence-corrected chi connectivity index (χ2v) is 6.97. The Hall–Kier alpha value is -2.64. The first-order valence-electron chi connectivity index (χ1n) is 8.66. The van der Waals surface area contributed by atoms with Gasteiger partial charge in [-0.1, -0.05) is 0 Å². The van der Waals surface area contributed by atoms with Crippen LogP contribution in [0, 0.1) is 5.92 Å². The van der Waals surface area contributed by atoms with Crippen molar-refractivity contribution in [2.75, 3.05) is 18.0 Å². The SMILES string of the molecule is Cn1c(=O)cc(N2CC(Cn3nc4c(cc3=O)CCCC4)C2)[nH]c1=O. The third-order valence-electron chi connectivity index (χ3n) is 5.13. The van der Waals surface area contributed by atoms with Crippen LogP contribution in [0.2, 0.25) is 0 Å². The molecule has 8 nitrogen and oxygen atoms in total. The van der Waals surface area contributed by atoms with Crippen molar-refractivity contribution in [3.63, 3.8) is 0 Å². The van der Waals surface area contributed by atoms with E-state index >= 15 is 0 Å². The third-order valence-corrected chi connectivity index (χ3v) is 5.13. The molecule has 132 valence electrons. The zero-order chi connectivity index (χ0) is 17.6. The van der Waals surface area contributed by atoms with Crippen molar-refractivity contribution < 1.29 is 0 Å². The average Bonchev–Trinajstić information content (AvgIpc) is 2.55. The number of hydrogen-bond donors (Lipinski definition) is 1. The van der Waals surface area contributed by atoms with E-state index in [4.69, 9.17) is 0 Å². The Morgan fingerprint density at radius 3 is 2.64 bits per heavy atom. The number of fused-ring (bicyclic) bond motifs is 1. The Bertz CT molecular complexity index is 950. The lowest BCUT2D eigenvalue weighted by atomic mass is 9.96. The van der Waals surface area contributed by atoms with Crippen molar-refractivity contribution in [1.82, 2.24) is 19.3 Å². The second kappa shape index (κ2) is 6.02. The van der Waals surface area contributed by atoms with E-state index in [2.05, 4.69) is 10.1 Å². The molecule has 0 atom stereocenters. The normalized spacial score (nSPS) is 17.2. The molecule has 0 saturated carbocycles. The van der Waals surface area contributed by atoms with Crippen molar-refractivity contribution in [3.8, 4) is 0 Å². The van der Waals surface area contributed by atoms with E-state index < -0.39 is 5.69 Å². The van der Waals surface area contributed by atoms with Gasteiger partial charge in [0.15, 0.2) is 0 Å². The number of hydrogen-bond acceptors (Lipinski definition) is 5. The van der Waals surface area contributed by atoms with Crippen LogP contribution in [-0.2, 0) is 26.4 Å². The summed E-state index contributed by atoms with van der Waals surface area (Å²) in [6.07, 6.45) is 4.16. The molecule has 2 aliphatic rings. The summed E-state index contributed by atoms with van der Waals surface area (Å²) >= 11 is 0. The minimum absolute atomic E-state index is 0.0407. The second-order valence-electron chi connectivity index (χ2n) is 6.97. The van der Waals surface area contributed by atoms with Crippen LogP contribution in [0.4, 0.5) is 5.82 Å². The van der Waals surface area contributed by atoms with E-state index in [0.29, 0.717) is 25.5 Å². The topological polar surface area (TPSA) is 93.0 Å². The number of rotatable bonds is 3. The molecule has 8 heteroatoms. The average molecular weight is 343 g/mol. The van der Waals surface area contributed by atoms with Gasteiger partial charge in [-0.3, -0.25) is 19.1 Å². The van der Waals surface area contributed by atoms with Gasteiger partial charge in [0.05, 0.1) is 12.2 Å². The molecule has 0 unspecified atom stereocenters. The van der Waals surface area contributed by atoms with Crippen molar-refractivity contribution in [2.45, 2.75) is 32.2 Å². The first-order valence-corrected chi connectivity index (χ1v) is 8.66. The zero-order valence-electron chi connectivity index (χ0n) is 14.2. The monoisotopic (exact) mass is 343 g/mol. The van der Waals surface area contributed by atoms with Gasteiger partial charge < -0.3 is 4.90 Å². The molecule has 0 bridgehead atoms. The van der Waals surface area contributed by atoms with Crippen LogP contribution >= 0.6 is 0 Å². The summed E-state index contributed by atoms with van der Waals surface area (Å²) < 4.78 is 2.61. The fourth-order valence-electron chi connectivity index (χ4n) is 3.57. The third kappa shape index (κ3) is 2.92. The highest BCUT2D eigenvalue weighted by atomic mass is 16.2. The molecule has 25 heavy (non-hydrogen) atoms. The number of aryl methyl sites for hydroxylation is 2. The maximum atomic E-state index is 12.2. The molecule has 1 aliphatic carbocycles. The van der Waals surface area contributed by atoms with Crippen molar-refractivity contribution in [3.05, 3.63) is 54.6 Å². The van der Waals surface area contributed by atoms with E-state index in [9.17, 15) is 14.4 Å². The van der Waals surface area contributed by atoms with Crippen LogP contribution in [0.5, 0.6) is 0 Å². The van der Waals surface area contributed by atoms with Crippen LogP contribution in [0.25, 0.3) is 0 Å². The Morgan fingerprint density at radius 2 is 1.88 bits per heavy atom. The van der Waals surface area contributed by atoms with Gasteiger partial charge in [-0.15, -0.1) is 0 Å². The molecule has 2 aromatic rings. The Morgan fingerprint density at radius 1 is 1.12 bits per heavy atom. The summed E-state index contributed by atoms with van der Waals surface area (Å²) in [6.45, 7) is 1.94. The zero-order valence-corrected chi connectivity index (χ0v) is 14.2. The summed E-state index contributed by atoms with van der Waals surface area (Å²) in [5.41, 5.74) is 1.37. The van der Waals surface area contributed by atoms with Crippen molar-refractivity contribution in [1.29, 1.82) is 0 Å². The van der Waals surface area contributed by atoms with Gasteiger partial charge >= 0.3 is 5.69 Å². The number of aromatic amines is 1. The highest BCUT2D eigenvalue weighted by molar-refractivity contribution is 5.40. The van der Waals surface area contributed by atoms with E-state index in [1.54, 1.807) is 10.7 Å². The molecule has 0 radical (unpaired) electrons. The quantitative estimate of drug-likeness (QED) is 0.822. The standard InChI is InChI=1S/C17H21N5O3/c1-20-15(23)7-14(18-17(20)25)21-8-11(9-21)10-22-16(24)6-12-4-2-3-5-13(12)19-22/h6-7,11H,2-5,8-10H2,1H3,(H,18,25). The summed E-state index contributed by atoms with van der Waals surface area (Å²) in [7, 11) is 1.44. The first-order chi connectivity index (χ1) is 12.0. The molecule has 0 amide bonds. The number of anilines is 1. The van der Waals surface area contributed by atoms with Crippen LogP contribution in [-0.4, -0.2) is 32.4 Å². The van der Waals surface area contributed by atoms with Crippen LogP contribution in [0.15, 0.2) is 26.5 Å². The van der Waals surface area contributed by atoms with Crippen molar-refractivity contribution >= 4 is 5.82 Å². The predicted molar refractivity (Wildman–Crippen MR) is 93.1 cm³/mol. The summed E-state index contributed by atoms with van der Waals surface area (Å²) in [5.74, 6) is 0.814. The molecular weight excluding hydrogens is 322 g/mol. The number of nitrogens with zero attached hydrogens (tertiary/aromatic N) is 4. The van der Waals surface area contributed by atoms with E-state index in [1.165, 1.54) is 13.1 Å². The molecule has 1 saturated heterocycles. The minimum atomic E-state index is -0.418. The Kier molecular flexibility index (Phi) is 3.82. The molecule has 0 spiro atoms. The van der Waals surface area contributed by atoms with Gasteiger partial charge in [0.1, 0.15) is 5.82 Å². The largest absolute Gasteiger partial charge is 0.357 e. The predicted octanol–water partition coefficient (Wildman–Crippen LogP) is -0.354. The Labute approximate surface area is 143 Å². The number of H-pyrrole nitrogens is 1. The molecule has 1 N–H and O–H groups in total. The lowest BCUT2D eigenvalue weighted by Gasteiger charge is -2.40. The molecule has 2 aromatic heterocycles. The first kappa shape index (κ1) is 15.9. The van der Waals surface area contributed by atoms with E-state index in [0.717, 1.165) is 41.5 Å². The van der Waals surface area contributed by atoms with Crippen LogP contribution < -0.4 is 21.7 Å². The fourth-order valence-corrected chi connectivity index (χ4v) is 3.57. The van der Waals surface area contributed by atoms with Gasteiger partial charge in [0.25, 0.3) is 11.1 Å². The van der Waals surface area contributed by atoms with Crippen LogP contribution in [0.3, 0.4) is 0 Å². The summed E-state index contributed by atoms with van der Waals surface area (Å²) in [6, 6.07) is 3.16. The maximum absolute atomic E-state index is 12.2. The lowest BCUT2D eigenvalue weighted by molar-refractivity contribution is 0.329. The maximum Gasteiger partial charge on any atom is 0.329 e. The molecule has 4 rings (SSSR count). The number of nitrogens with one attached hydrogen (secondary N) is 1. The summed E-state index contributed by atoms with van der Waals surface area (Å²) in [4.78, 5) is 40.3. The molecule has 0 aromatic carbocycles. The molecule has 1 fully saturated rings. The smallest absolute Gasteiger partial charge is 0.329 e. The Balaban J connectivity index is 1.46. The van der Waals surface area contributed by atoms with Crippen molar-refractivity contribution in [2.24, 2.45) is 13.0 Å². The summed E-state index contributed by atoms with van der Waals surface area (Å²) in [5, 5.41) is 4.55. The van der Waals surface area contributed by atoms with E-state index in [1.807, 2.05) is 4.90 Å². The molecular formula is C17H21N5O3. The number of aromatic nitrogens is 4. The van der Waals surface area contributed by atoms with Gasteiger partial charge in [0, 0.05) is 38.2 Å². The highest BCUT2D eigenvalue weighted by Gasteiger charge is 2.29.